The molecule has 0 saturated carbocycles. The molecule has 0 aromatic carbocycles. The van der Waals surface area contributed by atoms with Gasteiger partial charge in [0, 0.05) is 47.8 Å². The minimum atomic E-state index is -0.783. The van der Waals surface area contributed by atoms with Crippen molar-refractivity contribution < 1.29 is 9.00 Å². The van der Waals surface area contributed by atoms with E-state index < -0.39 is 10.8 Å². The van der Waals surface area contributed by atoms with E-state index in [-0.39, 0.29) is 5.91 Å². The van der Waals surface area contributed by atoms with Gasteiger partial charge >= 0.3 is 0 Å². The summed E-state index contributed by atoms with van der Waals surface area (Å²) in [6.45, 7) is 1.08. The molecule has 0 unspecified atom stereocenters. The Morgan fingerprint density at radius 1 is 1.25 bits per heavy atom. The molecule has 1 aliphatic heterocycles. The van der Waals surface area contributed by atoms with Crippen LogP contribution in [0.3, 0.4) is 0 Å². The molecule has 1 saturated heterocycles. The van der Waals surface area contributed by atoms with E-state index in [1.165, 1.54) is 0 Å². The fourth-order valence-corrected chi connectivity index (χ4v) is 3.12. The molecule has 7 heteroatoms. The van der Waals surface area contributed by atoms with Gasteiger partial charge in [0.05, 0.1) is 11.8 Å². The van der Waals surface area contributed by atoms with Crippen LogP contribution in [0.15, 0.2) is 36.8 Å². The molecule has 0 N–H and O–H groups in total. The molecule has 0 atom stereocenters. The number of nitrogens with zero attached hydrogens (tertiary/aromatic N) is 4. The first-order valence-electron chi connectivity index (χ1n) is 6.34. The topological polar surface area (TPSA) is 68.1 Å². The van der Waals surface area contributed by atoms with Crippen molar-refractivity contribution in [3.8, 4) is 5.82 Å². The summed E-state index contributed by atoms with van der Waals surface area (Å²) in [5.74, 6) is 1.72. The van der Waals surface area contributed by atoms with E-state index in [1.54, 1.807) is 28.2 Å². The molecule has 0 radical (unpaired) electrons. The van der Waals surface area contributed by atoms with Crippen molar-refractivity contribution in [1.29, 1.82) is 0 Å². The Hall–Kier alpha value is -2.02. The predicted molar refractivity (Wildman–Crippen MR) is 75.1 cm³/mol. The largest absolute Gasteiger partial charge is 0.337 e. The number of amides is 1. The van der Waals surface area contributed by atoms with E-state index in [2.05, 4.69) is 10.1 Å². The van der Waals surface area contributed by atoms with Crippen molar-refractivity contribution in [3.05, 3.63) is 42.4 Å². The number of carbonyl (C=O) groups is 1. The second kappa shape index (κ2) is 5.54. The van der Waals surface area contributed by atoms with Crippen LogP contribution in [0.4, 0.5) is 0 Å². The monoisotopic (exact) mass is 290 g/mol. The second-order valence-corrected chi connectivity index (χ2v) is 6.20. The van der Waals surface area contributed by atoms with E-state index in [4.69, 9.17) is 0 Å². The van der Waals surface area contributed by atoms with Crippen molar-refractivity contribution >= 4 is 16.7 Å². The van der Waals surface area contributed by atoms with Crippen LogP contribution in [0.25, 0.3) is 5.82 Å². The number of aromatic nitrogens is 3. The summed E-state index contributed by atoms with van der Waals surface area (Å²) in [6.07, 6.45) is 4.90. The average Bonchev–Trinajstić information content (AvgIpc) is 2.98. The molecular weight excluding hydrogens is 276 g/mol. The molecule has 3 rings (SSSR count). The molecule has 6 nitrogen and oxygen atoms in total. The van der Waals surface area contributed by atoms with E-state index in [0.717, 1.165) is 0 Å². The highest BCUT2D eigenvalue weighted by Crippen LogP contribution is 2.10. The SMILES string of the molecule is O=C(c1cnn(-c2ccccn2)c1)N1CCS(=O)CC1. The molecule has 0 bridgehead atoms. The summed E-state index contributed by atoms with van der Waals surface area (Å²) in [5.41, 5.74) is 0.531. The van der Waals surface area contributed by atoms with Gasteiger partial charge in [0.25, 0.3) is 5.91 Å². The Morgan fingerprint density at radius 3 is 2.75 bits per heavy atom. The van der Waals surface area contributed by atoms with Gasteiger partial charge in [-0.25, -0.2) is 9.67 Å². The third-order valence-corrected chi connectivity index (χ3v) is 4.45. The Labute approximate surface area is 118 Å². The van der Waals surface area contributed by atoms with Gasteiger partial charge in [-0.2, -0.15) is 5.10 Å². The van der Waals surface area contributed by atoms with Gasteiger partial charge in [0.2, 0.25) is 0 Å². The molecule has 3 heterocycles. The van der Waals surface area contributed by atoms with E-state index >= 15 is 0 Å². The van der Waals surface area contributed by atoms with Crippen molar-refractivity contribution in [2.45, 2.75) is 0 Å². The number of hydrogen-bond donors (Lipinski definition) is 0. The number of carbonyl (C=O) groups excluding carboxylic acids is 1. The minimum Gasteiger partial charge on any atom is -0.337 e. The van der Waals surface area contributed by atoms with Crippen molar-refractivity contribution in [2.75, 3.05) is 24.6 Å². The average molecular weight is 290 g/mol. The van der Waals surface area contributed by atoms with Crippen LogP contribution in [0.2, 0.25) is 0 Å². The van der Waals surface area contributed by atoms with Gasteiger partial charge in [-0.3, -0.25) is 9.00 Å². The summed E-state index contributed by atoms with van der Waals surface area (Å²) in [5, 5.41) is 4.16. The highest BCUT2D eigenvalue weighted by molar-refractivity contribution is 7.85. The van der Waals surface area contributed by atoms with Crippen LogP contribution in [-0.4, -0.2) is 54.4 Å². The number of hydrogen-bond acceptors (Lipinski definition) is 4. The normalized spacial score (nSPS) is 16.3. The summed E-state index contributed by atoms with van der Waals surface area (Å²) < 4.78 is 12.9. The molecule has 0 spiro atoms. The van der Waals surface area contributed by atoms with Crippen molar-refractivity contribution in [3.63, 3.8) is 0 Å². The maximum Gasteiger partial charge on any atom is 0.257 e. The zero-order valence-corrected chi connectivity index (χ0v) is 11.6. The lowest BCUT2D eigenvalue weighted by Gasteiger charge is -2.25. The minimum absolute atomic E-state index is 0.0659. The fraction of sp³-hybridized carbons (Fsp3) is 0.308. The van der Waals surface area contributed by atoms with Crippen molar-refractivity contribution in [1.82, 2.24) is 19.7 Å². The Morgan fingerprint density at radius 2 is 2.05 bits per heavy atom. The zero-order valence-electron chi connectivity index (χ0n) is 10.8. The van der Waals surface area contributed by atoms with Crippen LogP contribution in [-0.2, 0) is 10.8 Å². The van der Waals surface area contributed by atoms with Gasteiger partial charge < -0.3 is 4.90 Å². The van der Waals surface area contributed by atoms with E-state index in [0.29, 0.717) is 36.0 Å². The molecule has 1 fully saturated rings. The summed E-state index contributed by atoms with van der Waals surface area (Å²) in [7, 11) is -0.783. The highest BCUT2D eigenvalue weighted by atomic mass is 32.2. The predicted octanol–water partition coefficient (Wildman–Crippen LogP) is 0.472. The van der Waals surface area contributed by atoms with Crippen LogP contribution in [0.5, 0.6) is 0 Å². The first-order valence-corrected chi connectivity index (χ1v) is 7.83. The van der Waals surface area contributed by atoms with Gasteiger partial charge in [0.15, 0.2) is 5.82 Å². The first-order chi connectivity index (χ1) is 9.74. The van der Waals surface area contributed by atoms with E-state index in [9.17, 15) is 9.00 Å². The standard InChI is InChI=1S/C13H14N4O2S/c18-13(16-5-7-20(19)8-6-16)11-9-15-17(10-11)12-3-1-2-4-14-12/h1-4,9-10H,5-8H2. The number of rotatable bonds is 2. The van der Waals surface area contributed by atoms with Gasteiger partial charge in [-0.15, -0.1) is 0 Å². The van der Waals surface area contributed by atoms with Crippen LogP contribution in [0.1, 0.15) is 10.4 Å². The lowest BCUT2D eigenvalue weighted by atomic mass is 10.3. The number of pyridine rings is 1. The fourth-order valence-electron chi connectivity index (χ4n) is 2.07. The molecule has 0 aliphatic carbocycles. The second-order valence-electron chi connectivity index (χ2n) is 4.50. The zero-order chi connectivity index (χ0) is 13.9. The van der Waals surface area contributed by atoms with Crippen LogP contribution in [0, 0.1) is 0 Å². The van der Waals surface area contributed by atoms with Crippen LogP contribution < -0.4 is 0 Å². The molecule has 1 amide bonds. The Balaban J connectivity index is 1.77. The molecular formula is C13H14N4O2S. The summed E-state index contributed by atoms with van der Waals surface area (Å²) in [4.78, 5) is 18.2. The van der Waals surface area contributed by atoms with Gasteiger partial charge in [-0.05, 0) is 12.1 Å². The summed E-state index contributed by atoms with van der Waals surface area (Å²) >= 11 is 0. The Bertz CT molecular complexity index is 631. The molecule has 20 heavy (non-hydrogen) atoms. The van der Waals surface area contributed by atoms with Crippen LogP contribution >= 0.6 is 0 Å². The first kappa shape index (κ1) is 13.0. The highest BCUT2D eigenvalue weighted by Gasteiger charge is 2.22. The third kappa shape index (κ3) is 2.62. The van der Waals surface area contributed by atoms with Gasteiger partial charge in [0.1, 0.15) is 0 Å². The quantitative estimate of drug-likeness (QED) is 0.806. The maximum atomic E-state index is 12.3. The molecule has 1 aliphatic rings. The molecule has 2 aromatic heterocycles. The Kier molecular flexibility index (Phi) is 3.60. The van der Waals surface area contributed by atoms with E-state index in [1.807, 2.05) is 18.2 Å². The smallest absolute Gasteiger partial charge is 0.257 e. The molecule has 2 aromatic rings. The van der Waals surface area contributed by atoms with Crippen molar-refractivity contribution in [2.24, 2.45) is 0 Å². The summed E-state index contributed by atoms with van der Waals surface area (Å²) in [6, 6.07) is 5.52. The van der Waals surface area contributed by atoms with Gasteiger partial charge in [-0.1, -0.05) is 6.07 Å². The third-order valence-electron chi connectivity index (χ3n) is 3.18. The maximum absolute atomic E-state index is 12.3. The lowest BCUT2D eigenvalue weighted by molar-refractivity contribution is 0.0771. The molecule has 104 valence electrons. The lowest BCUT2D eigenvalue weighted by Crippen LogP contribution is -2.41.